The molecule has 71 heavy (non-hydrogen) atoms. The van der Waals surface area contributed by atoms with E-state index in [2.05, 4.69) is 27.7 Å². The third-order valence-electron chi connectivity index (χ3n) is 13.5. The Morgan fingerprint density at radius 3 is 0.535 bits per heavy atom. The van der Waals surface area contributed by atoms with Gasteiger partial charge in [-0.15, -0.1) is 0 Å². The zero-order valence-corrected chi connectivity index (χ0v) is 49.5. The molecule has 0 fully saturated rings. The van der Waals surface area contributed by atoms with E-state index < -0.39 is 42.9 Å². The molecule has 0 aliphatic heterocycles. The number of rotatable bonds is 54. The highest BCUT2D eigenvalue weighted by Gasteiger charge is 2.71. The molecule has 0 aromatic heterocycles. The fourth-order valence-corrected chi connectivity index (χ4v) is 13.3. The highest BCUT2D eigenvalue weighted by atomic mass is 35.5. The smallest absolute Gasteiger partial charge is 0.380 e. The number of carbonyl (C=O) groups is 4. The van der Waals surface area contributed by atoms with Crippen LogP contribution < -0.4 is 0 Å². The summed E-state index contributed by atoms with van der Waals surface area (Å²) in [6.07, 6.45) is 45.1. The normalized spacial score (nSPS) is 12.0. The van der Waals surface area contributed by atoms with Crippen LogP contribution in [0.3, 0.4) is 0 Å². The molecule has 0 aliphatic carbocycles. The van der Waals surface area contributed by atoms with Crippen molar-refractivity contribution in [3.8, 4) is 0 Å². The molecule has 0 amide bonds. The molecule has 0 bridgehead atoms. The first kappa shape index (κ1) is 69.9. The maximum absolute atomic E-state index is 14.9. The van der Waals surface area contributed by atoms with Crippen molar-refractivity contribution < 1.29 is 46.4 Å². The van der Waals surface area contributed by atoms with Crippen LogP contribution >= 0.6 is 38.4 Å². The Labute approximate surface area is 446 Å². The van der Waals surface area contributed by atoms with E-state index in [-0.39, 0.29) is 25.7 Å². The lowest BCUT2D eigenvalue weighted by Gasteiger charge is -2.31. The second kappa shape index (κ2) is 48.6. The van der Waals surface area contributed by atoms with Crippen LogP contribution in [0.5, 0.6) is 0 Å². The van der Waals surface area contributed by atoms with Crippen molar-refractivity contribution >= 4 is 62.3 Å². The number of unbranched alkanes of at least 4 members (excludes halogenated alkanes) is 40. The van der Waals surface area contributed by atoms with Crippen LogP contribution in [0.4, 0.5) is 0 Å². The van der Waals surface area contributed by atoms with Gasteiger partial charge in [0.25, 0.3) is 0 Å². The molecule has 0 saturated carbocycles. The van der Waals surface area contributed by atoms with Crippen molar-refractivity contribution in [3.05, 3.63) is 0 Å². The molecule has 0 aromatic carbocycles. The van der Waals surface area contributed by atoms with Gasteiger partial charge >= 0.3 is 42.9 Å². The van der Waals surface area contributed by atoms with Crippen molar-refractivity contribution in [1.29, 1.82) is 0 Å². The summed E-state index contributed by atoms with van der Waals surface area (Å²) in [4.78, 5) is 53.7. The van der Waals surface area contributed by atoms with Crippen LogP contribution in [-0.2, 0) is 46.4 Å². The van der Waals surface area contributed by atoms with E-state index in [1.165, 1.54) is 154 Å². The van der Waals surface area contributed by atoms with Gasteiger partial charge in [-0.2, -0.15) is 0 Å². The van der Waals surface area contributed by atoms with Crippen molar-refractivity contribution in [2.45, 2.75) is 340 Å². The quantitative estimate of drug-likeness (QED) is 0.0328. The topological polar surface area (TPSA) is 139 Å². The lowest BCUT2D eigenvalue weighted by molar-refractivity contribution is -0.140. The Balaban J connectivity index is 5.95. The minimum atomic E-state index is -5.53. The Hall–Kier alpha value is -1.08. The Morgan fingerprint density at radius 2 is 0.394 bits per heavy atom. The number of carbonyl (C=O) groups excluding carboxylic acids is 4. The van der Waals surface area contributed by atoms with Crippen LogP contribution in [0.25, 0.3) is 0 Å². The number of halogens is 2. The van der Waals surface area contributed by atoms with Gasteiger partial charge in [-0.1, -0.05) is 308 Å². The number of alkyl halides is 2. The fraction of sp³-hybridized carbons (Fsp3) is 0.930. The molecular formula is C57H108Cl2O10P2. The van der Waals surface area contributed by atoms with Gasteiger partial charge in [-0.05, 0) is 25.7 Å². The molecule has 0 spiro atoms. The summed E-state index contributed by atoms with van der Waals surface area (Å²) >= 11 is 13.5. The first-order valence-corrected chi connectivity index (χ1v) is 33.6. The van der Waals surface area contributed by atoms with Gasteiger partial charge in [0.05, 0.1) is 0 Å². The first-order valence-electron chi connectivity index (χ1n) is 29.8. The van der Waals surface area contributed by atoms with Crippen molar-refractivity contribution in [2.24, 2.45) is 0 Å². The molecule has 0 atom stereocenters. The second-order valence-corrected chi connectivity index (χ2v) is 27.3. The molecule has 420 valence electrons. The highest BCUT2D eigenvalue weighted by molar-refractivity contribution is 7.81. The van der Waals surface area contributed by atoms with Gasteiger partial charge in [0.15, 0.2) is 0 Å². The Kier molecular flexibility index (Phi) is 47.8. The molecule has 0 rings (SSSR count). The standard InChI is InChI=1S/C57H108Cl2O10P2/c1-5-9-13-17-21-25-29-33-37-41-45-49-53(60)66-70(64,67-54(61)50-46-42-38-34-30-26-22-18-14-10-6-2)57(58,59)71(65,68-55(62)51-47-43-39-35-31-27-23-19-15-11-7-3)69-56(63)52-48-44-40-36-32-28-24-20-16-12-8-4/h5-52H2,1-4H3. The summed E-state index contributed by atoms with van der Waals surface area (Å²) in [6.45, 7) is 8.83. The maximum Gasteiger partial charge on any atom is 0.486 e. The predicted molar refractivity (Wildman–Crippen MR) is 298 cm³/mol. The summed E-state index contributed by atoms with van der Waals surface area (Å²) < 4.78 is 47.9. The van der Waals surface area contributed by atoms with Gasteiger partial charge in [0, 0.05) is 25.7 Å². The lowest BCUT2D eigenvalue weighted by Crippen LogP contribution is -2.27. The zero-order valence-electron chi connectivity index (χ0n) is 46.2. The summed E-state index contributed by atoms with van der Waals surface area (Å²) in [5.74, 6) is -4.15. The summed E-state index contributed by atoms with van der Waals surface area (Å²) in [5.41, 5.74) is 0. The molecule has 0 N–H and O–H groups in total. The zero-order chi connectivity index (χ0) is 52.6. The molecule has 0 saturated heterocycles. The van der Waals surface area contributed by atoms with Crippen LogP contribution in [0, 0.1) is 0 Å². The largest absolute Gasteiger partial charge is 0.486 e. The van der Waals surface area contributed by atoms with E-state index in [9.17, 15) is 28.3 Å². The van der Waals surface area contributed by atoms with Gasteiger partial charge in [-0.25, -0.2) is 9.13 Å². The molecular weight excluding hydrogens is 977 g/mol. The molecule has 0 aromatic rings. The van der Waals surface area contributed by atoms with Crippen molar-refractivity contribution in [3.63, 3.8) is 0 Å². The minimum Gasteiger partial charge on any atom is -0.380 e. The summed E-state index contributed by atoms with van der Waals surface area (Å²) in [7, 11) is -11.1. The van der Waals surface area contributed by atoms with E-state index in [1.807, 2.05) is 0 Å². The van der Waals surface area contributed by atoms with E-state index in [4.69, 9.17) is 41.3 Å². The molecule has 14 heteroatoms. The van der Waals surface area contributed by atoms with E-state index in [1.54, 1.807) is 0 Å². The van der Waals surface area contributed by atoms with Gasteiger partial charge in [0.2, 0.25) is 0 Å². The van der Waals surface area contributed by atoms with E-state index in [0.717, 1.165) is 77.0 Å². The van der Waals surface area contributed by atoms with Crippen LogP contribution in [0.1, 0.15) is 336 Å². The number of hydrogen-bond donors (Lipinski definition) is 0. The van der Waals surface area contributed by atoms with Crippen LogP contribution in [0.2, 0.25) is 0 Å². The third-order valence-corrected chi connectivity index (χ3v) is 20.5. The fourth-order valence-electron chi connectivity index (χ4n) is 8.86. The summed E-state index contributed by atoms with van der Waals surface area (Å²) in [6, 6.07) is 0. The molecule has 10 nitrogen and oxygen atoms in total. The molecule has 0 unspecified atom stereocenters. The monoisotopic (exact) mass is 1080 g/mol. The molecule has 0 heterocycles. The Morgan fingerprint density at radius 1 is 0.268 bits per heavy atom. The Bertz CT molecular complexity index is 1210. The summed E-state index contributed by atoms with van der Waals surface area (Å²) in [5, 5.41) is 0. The predicted octanol–water partition coefficient (Wildman–Crippen LogP) is 21.4. The molecule has 0 radical (unpaired) electrons. The van der Waals surface area contributed by atoms with Crippen LogP contribution in [0.15, 0.2) is 0 Å². The average Bonchev–Trinajstić information content (AvgIpc) is 3.33. The minimum absolute atomic E-state index is 0.206. The van der Waals surface area contributed by atoms with E-state index >= 15 is 0 Å². The van der Waals surface area contributed by atoms with Gasteiger partial charge in [0.1, 0.15) is 0 Å². The third kappa shape index (κ3) is 39.0. The van der Waals surface area contributed by atoms with Gasteiger partial charge in [-0.3, -0.25) is 19.2 Å². The first-order chi connectivity index (χ1) is 34.3. The maximum atomic E-state index is 14.9. The highest BCUT2D eigenvalue weighted by Crippen LogP contribution is 2.82. The second-order valence-electron chi connectivity index (χ2n) is 20.5. The molecule has 0 aliphatic rings. The van der Waals surface area contributed by atoms with Crippen molar-refractivity contribution in [2.75, 3.05) is 0 Å². The van der Waals surface area contributed by atoms with Gasteiger partial charge < -0.3 is 18.1 Å². The van der Waals surface area contributed by atoms with Crippen LogP contribution in [-0.4, -0.2) is 27.7 Å². The van der Waals surface area contributed by atoms with E-state index in [0.29, 0.717) is 51.4 Å². The lowest BCUT2D eigenvalue weighted by atomic mass is 10.1. The average molecular weight is 1090 g/mol. The SMILES string of the molecule is CCCCCCCCCCCCCC(=O)OP(=O)(OC(=O)CCCCCCCCCCCCC)C(Cl)(Cl)P(=O)(OC(=O)CCCCCCCCCCCCC)OC(=O)CCCCCCCCCCCCC. The number of hydrogen-bond acceptors (Lipinski definition) is 10. The van der Waals surface area contributed by atoms with Crippen molar-refractivity contribution in [1.82, 2.24) is 0 Å².